The van der Waals surface area contributed by atoms with E-state index in [0.717, 1.165) is 11.1 Å². The van der Waals surface area contributed by atoms with Crippen molar-refractivity contribution in [3.63, 3.8) is 0 Å². The van der Waals surface area contributed by atoms with Crippen molar-refractivity contribution in [2.75, 3.05) is 11.9 Å². The molecule has 3 aromatic rings. The topological polar surface area (TPSA) is 71.3 Å². The van der Waals surface area contributed by atoms with Crippen LogP contribution in [0.2, 0.25) is 0 Å². The van der Waals surface area contributed by atoms with Crippen LogP contribution in [0.25, 0.3) is 6.08 Å². The number of anilines is 1. The number of nitrogens with zero attached hydrogens (tertiary/aromatic N) is 1. The minimum atomic E-state index is -0.481. The summed E-state index contributed by atoms with van der Waals surface area (Å²) in [6.45, 7) is 9.11. The number of carbonyl (C=O) groups is 1. The average Bonchev–Trinajstić information content (AvgIpc) is 2.83. The summed E-state index contributed by atoms with van der Waals surface area (Å²) < 4.78 is 12.4. The number of nitriles is 1. The summed E-state index contributed by atoms with van der Waals surface area (Å²) in [6, 6.07) is 23.0. The Balaban J connectivity index is 1.81. The Morgan fingerprint density at radius 3 is 2.29 bits per heavy atom. The van der Waals surface area contributed by atoms with Crippen LogP contribution in [0.4, 0.5) is 5.69 Å². The second kappa shape index (κ2) is 11.7. The second-order valence-electron chi connectivity index (χ2n) is 8.98. The van der Waals surface area contributed by atoms with Crippen LogP contribution in [-0.4, -0.2) is 12.5 Å². The first-order valence-electron chi connectivity index (χ1n) is 11.4. The molecule has 0 aliphatic heterocycles. The van der Waals surface area contributed by atoms with Gasteiger partial charge in [-0.1, -0.05) is 79.2 Å². The van der Waals surface area contributed by atoms with Crippen molar-refractivity contribution in [3.8, 4) is 17.6 Å². The van der Waals surface area contributed by atoms with Gasteiger partial charge in [-0.15, -0.1) is 0 Å². The fourth-order valence-electron chi connectivity index (χ4n) is 3.33. The molecular weight excluding hydrogens is 504 g/mol. The third kappa shape index (κ3) is 7.21. The fourth-order valence-corrected chi connectivity index (χ4v) is 3.77. The molecule has 3 aromatic carbocycles. The molecule has 1 N–H and O–H groups in total. The SMILES string of the molecule is CCOc1cc(/C=C(\C#N)C(=O)Nc2ccc(C(C)(C)C)cc2)c(Br)cc1OCc1ccccc1. The highest BCUT2D eigenvalue weighted by atomic mass is 79.9. The summed E-state index contributed by atoms with van der Waals surface area (Å²) in [6.07, 6.45) is 1.53. The van der Waals surface area contributed by atoms with Crippen molar-refractivity contribution >= 4 is 33.6 Å². The fraction of sp³-hybridized carbons (Fsp3) is 0.241. The normalized spacial score (nSPS) is 11.5. The van der Waals surface area contributed by atoms with Gasteiger partial charge in [0.25, 0.3) is 5.91 Å². The number of rotatable bonds is 8. The van der Waals surface area contributed by atoms with E-state index in [1.807, 2.05) is 67.6 Å². The molecule has 0 saturated heterocycles. The number of hydrogen-bond acceptors (Lipinski definition) is 4. The number of halogens is 1. The van der Waals surface area contributed by atoms with Crippen LogP contribution in [0.15, 0.2) is 76.8 Å². The first-order chi connectivity index (χ1) is 16.7. The zero-order valence-corrected chi connectivity index (χ0v) is 22.0. The molecule has 0 fully saturated rings. The molecule has 0 aliphatic carbocycles. The van der Waals surface area contributed by atoms with E-state index in [1.165, 1.54) is 6.08 Å². The maximum Gasteiger partial charge on any atom is 0.266 e. The van der Waals surface area contributed by atoms with Gasteiger partial charge in [-0.2, -0.15) is 5.26 Å². The lowest BCUT2D eigenvalue weighted by Crippen LogP contribution is -2.14. The number of amides is 1. The lowest BCUT2D eigenvalue weighted by atomic mass is 9.87. The second-order valence-corrected chi connectivity index (χ2v) is 9.83. The summed E-state index contributed by atoms with van der Waals surface area (Å²) in [4.78, 5) is 12.8. The van der Waals surface area contributed by atoms with E-state index in [0.29, 0.717) is 40.4 Å². The van der Waals surface area contributed by atoms with E-state index < -0.39 is 5.91 Å². The van der Waals surface area contributed by atoms with Gasteiger partial charge in [0.15, 0.2) is 11.5 Å². The highest BCUT2D eigenvalue weighted by molar-refractivity contribution is 9.10. The van der Waals surface area contributed by atoms with E-state index in [2.05, 4.69) is 42.0 Å². The summed E-state index contributed by atoms with van der Waals surface area (Å²) >= 11 is 3.54. The maximum atomic E-state index is 12.8. The molecule has 0 radical (unpaired) electrons. The Morgan fingerprint density at radius 2 is 1.69 bits per heavy atom. The van der Waals surface area contributed by atoms with E-state index in [1.54, 1.807) is 12.1 Å². The van der Waals surface area contributed by atoms with Gasteiger partial charge in [-0.25, -0.2) is 0 Å². The Hall–Kier alpha value is -3.56. The zero-order valence-electron chi connectivity index (χ0n) is 20.4. The maximum absolute atomic E-state index is 12.8. The molecule has 0 aromatic heterocycles. The van der Waals surface area contributed by atoms with E-state index in [-0.39, 0.29) is 11.0 Å². The molecular formula is C29H29BrN2O3. The standard InChI is InChI=1S/C29H29BrN2O3/c1-5-34-26-16-21(25(30)17-27(26)35-19-20-9-7-6-8-10-20)15-22(18-31)28(33)32-24-13-11-23(12-14-24)29(2,3)4/h6-17H,5,19H2,1-4H3,(H,32,33)/b22-15+. The third-order valence-corrected chi connectivity index (χ3v) is 5.96. The molecule has 35 heavy (non-hydrogen) atoms. The average molecular weight is 533 g/mol. The van der Waals surface area contributed by atoms with Gasteiger partial charge in [0, 0.05) is 10.2 Å². The Bertz CT molecular complexity index is 1240. The van der Waals surface area contributed by atoms with Crippen LogP contribution in [0.3, 0.4) is 0 Å². The number of nitrogens with one attached hydrogen (secondary N) is 1. The molecule has 0 heterocycles. The van der Waals surface area contributed by atoms with Crippen LogP contribution in [0.1, 0.15) is 44.4 Å². The van der Waals surface area contributed by atoms with Crippen LogP contribution >= 0.6 is 15.9 Å². The molecule has 0 unspecified atom stereocenters. The predicted molar refractivity (Wildman–Crippen MR) is 143 cm³/mol. The number of benzene rings is 3. The highest BCUT2D eigenvalue weighted by Crippen LogP contribution is 2.35. The van der Waals surface area contributed by atoms with Gasteiger partial charge in [-0.3, -0.25) is 4.79 Å². The van der Waals surface area contributed by atoms with Crippen molar-refractivity contribution in [2.24, 2.45) is 0 Å². The lowest BCUT2D eigenvalue weighted by Gasteiger charge is -2.19. The smallest absolute Gasteiger partial charge is 0.266 e. The molecule has 0 bridgehead atoms. The first-order valence-corrected chi connectivity index (χ1v) is 12.2. The lowest BCUT2D eigenvalue weighted by molar-refractivity contribution is -0.112. The number of hydrogen-bond donors (Lipinski definition) is 1. The largest absolute Gasteiger partial charge is 0.490 e. The van der Waals surface area contributed by atoms with E-state index in [9.17, 15) is 10.1 Å². The molecule has 0 spiro atoms. The van der Waals surface area contributed by atoms with Gasteiger partial charge >= 0.3 is 0 Å². The van der Waals surface area contributed by atoms with Gasteiger partial charge in [0.1, 0.15) is 18.2 Å². The number of ether oxygens (including phenoxy) is 2. The number of carbonyl (C=O) groups excluding carboxylic acids is 1. The van der Waals surface area contributed by atoms with E-state index >= 15 is 0 Å². The van der Waals surface area contributed by atoms with E-state index in [4.69, 9.17) is 9.47 Å². The Morgan fingerprint density at radius 1 is 1.03 bits per heavy atom. The predicted octanol–water partition coefficient (Wildman–Crippen LogP) is 7.27. The molecule has 3 rings (SSSR count). The Labute approximate surface area is 215 Å². The quantitative estimate of drug-likeness (QED) is 0.244. The summed E-state index contributed by atoms with van der Waals surface area (Å²) in [7, 11) is 0. The first kappa shape index (κ1) is 26.1. The summed E-state index contributed by atoms with van der Waals surface area (Å²) in [5.41, 5.74) is 3.45. The summed E-state index contributed by atoms with van der Waals surface area (Å²) in [5.74, 6) is 0.625. The van der Waals surface area contributed by atoms with Crippen LogP contribution in [-0.2, 0) is 16.8 Å². The monoisotopic (exact) mass is 532 g/mol. The van der Waals surface area contributed by atoms with Gasteiger partial charge in [0.05, 0.1) is 6.61 Å². The van der Waals surface area contributed by atoms with Gasteiger partial charge in [0.2, 0.25) is 0 Å². The van der Waals surface area contributed by atoms with Crippen molar-refractivity contribution < 1.29 is 14.3 Å². The molecule has 0 aliphatic rings. The molecule has 0 saturated carbocycles. The molecule has 1 amide bonds. The molecule has 0 atom stereocenters. The molecule has 5 nitrogen and oxygen atoms in total. The van der Waals surface area contributed by atoms with Crippen LogP contribution in [0.5, 0.6) is 11.5 Å². The minimum absolute atomic E-state index is 0.0156. The zero-order chi connectivity index (χ0) is 25.4. The van der Waals surface area contributed by atoms with Crippen molar-refractivity contribution in [2.45, 2.75) is 39.7 Å². The van der Waals surface area contributed by atoms with Crippen molar-refractivity contribution in [1.82, 2.24) is 0 Å². The van der Waals surface area contributed by atoms with Crippen LogP contribution in [0, 0.1) is 11.3 Å². The van der Waals surface area contributed by atoms with Crippen molar-refractivity contribution in [3.05, 3.63) is 93.5 Å². The highest BCUT2D eigenvalue weighted by Gasteiger charge is 2.16. The molecule has 180 valence electrons. The van der Waals surface area contributed by atoms with Gasteiger partial charge in [-0.05, 0) is 59.4 Å². The van der Waals surface area contributed by atoms with Crippen LogP contribution < -0.4 is 14.8 Å². The minimum Gasteiger partial charge on any atom is -0.490 e. The Kier molecular flexibility index (Phi) is 8.73. The summed E-state index contributed by atoms with van der Waals surface area (Å²) in [5, 5.41) is 12.5. The molecule has 6 heteroatoms. The van der Waals surface area contributed by atoms with Crippen molar-refractivity contribution in [1.29, 1.82) is 5.26 Å². The third-order valence-electron chi connectivity index (χ3n) is 5.27. The van der Waals surface area contributed by atoms with Gasteiger partial charge < -0.3 is 14.8 Å².